The van der Waals surface area contributed by atoms with Gasteiger partial charge in [0.1, 0.15) is 11.9 Å². The maximum absolute atomic E-state index is 15.2. The van der Waals surface area contributed by atoms with Gasteiger partial charge in [-0.25, -0.2) is 9.18 Å². The number of carbonyl (C=O) groups excluding carboxylic acids is 2. The van der Waals surface area contributed by atoms with Gasteiger partial charge < -0.3 is 24.6 Å². The molecule has 0 aromatic heterocycles. The van der Waals surface area contributed by atoms with Crippen LogP contribution in [0.3, 0.4) is 0 Å². The quantitative estimate of drug-likeness (QED) is 0.525. The number of alkyl halides is 2. The van der Waals surface area contributed by atoms with E-state index < -0.39 is 30.3 Å². The number of benzene rings is 2. The first-order valence-corrected chi connectivity index (χ1v) is 13.3. The molecule has 0 radical (unpaired) electrons. The van der Waals surface area contributed by atoms with Crippen LogP contribution in [0, 0.1) is 5.82 Å². The van der Waals surface area contributed by atoms with E-state index in [1.54, 1.807) is 12.1 Å². The molecule has 2 aromatic carbocycles. The lowest BCUT2D eigenvalue weighted by molar-refractivity contribution is -0.154. The molecule has 2 amide bonds. The Labute approximate surface area is 230 Å². The van der Waals surface area contributed by atoms with Crippen molar-refractivity contribution in [2.75, 3.05) is 80.3 Å². The Morgan fingerprint density at radius 3 is 2.40 bits per heavy atom. The van der Waals surface area contributed by atoms with Crippen LogP contribution in [0.2, 0.25) is 0 Å². The zero-order chi connectivity index (χ0) is 28.1. The smallest absolute Gasteiger partial charge is 0.414 e. The van der Waals surface area contributed by atoms with Gasteiger partial charge in [0.15, 0.2) is 0 Å². The molecule has 3 aliphatic heterocycles. The second-order valence-corrected chi connectivity index (χ2v) is 9.75. The summed E-state index contributed by atoms with van der Waals surface area (Å²) in [6, 6.07) is 12.9. The minimum absolute atomic E-state index is 0.00107. The molecule has 2 aromatic rings. The number of hydroxylamine groups is 2. The summed E-state index contributed by atoms with van der Waals surface area (Å²) in [7, 11) is 0. The number of rotatable bonds is 8. The van der Waals surface area contributed by atoms with E-state index in [0.717, 1.165) is 31.9 Å². The molecule has 3 aliphatic rings. The number of halogens is 3. The first-order chi connectivity index (χ1) is 19.4. The molecular formula is C27H32F3N5O5. The van der Waals surface area contributed by atoms with E-state index in [4.69, 9.17) is 14.3 Å². The van der Waals surface area contributed by atoms with Crippen LogP contribution in [-0.4, -0.2) is 95.2 Å². The Balaban J connectivity index is 1.14. The van der Waals surface area contributed by atoms with Gasteiger partial charge in [0, 0.05) is 45.0 Å². The largest absolute Gasteiger partial charge is 0.442 e. The highest BCUT2D eigenvalue weighted by Gasteiger charge is 2.33. The van der Waals surface area contributed by atoms with Crippen molar-refractivity contribution in [3.05, 3.63) is 53.8 Å². The molecule has 0 saturated carbocycles. The average molecular weight is 564 g/mol. The van der Waals surface area contributed by atoms with Crippen LogP contribution in [0.4, 0.5) is 35.0 Å². The first-order valence-electron chi connectivity index (χ1n) is 13.3. The molecule has 40 heavy (non-hydrogen) atoms. The summed E-state index contributed by atoms with van der Waals surface area (Å²) in [4.78, 5) is 34.7. The number of hydrogen-bond acceptors (Lipinski definition) is 8. The van der Waals surface area contributed by atoms with E-state index in [1.165, 1.54) is 16.7 Å². The van der Waals surface area contributed by atoms with Crippen LogP contribution in [0.1, 0.15) is 5.56 Å². The zero-order valence-electron chi connectivity index (χ0n) is 21.9. The van der Waals surface area contributed by atoms with E-state index in [-0.39, 0.29) is 18.8 Å². The molecule has 0 aliphatic carbocycles. The van der Waals surface area contributed by atoms with Gasteiger partial charge in [-0.2, -0.15) is 13.8 Å². The van der Waals surface area contributed by atoms with Gasteiger partial charge in [-0.05, 0) is 35.9 Å². The van der Waals surface area contributed by atoms with Gasteiger partial charge in [0.05, 0.1) is 44.3 Å². The van der Waals surface area contributed by atoms with Crippen molar-refractivity contribution in [2.24, 2.45) is 0 Å². The molecule has 3 saturated heterocycles. The van der Waals surface area contributed by atoms with Crippen molar-refractivity contribution >= 4 is 29.1 Å². The number of morpholine rings is 1. The highest BCUT2D eigenvalue weighted by Crippen LogP contribution is 2.28. The van der Waals surface area contributed by atoms with Crippen molar-refractivity contribution in [1.29, 1.82) is 0 Å². The molecule has 0 bridgehead atoms. The number of amides is 2. The van der Waals surface area contributed by atoms with E-state index in [9.17, 15) is 18.4 Å². The van der Waals surface area contributed by atoms with Crippen molar-refractivity contribution in [1.82, 2.24) is 10.4 Å². The summed E-state index contributed by atoms with van der Waals surface area (Å²) in [5, 5.41) is 3.90. The first kappa shape index (κ1) is 28.0. The predicted molar refractivity (Wildman–Crippen MR) is 141 cm³/mol. The molecule has 1 unspecified atom stereocenters. The second-order valence-electron chi connectivity index (χ2n) is 9.75. The van der Waals surface area contributed by atoms with Crippen LogP contribution in [0.5, 0.6) is 0 Å². The maximum Gasteiger partial charge on any atom is 0.414 e. The van der Waals surface area contributed by atoms with E-state index in [2.05, 4.69) is 29.2 Å². The van der Waals surface area contributed by atoms with Gasteiger partial charge in [0.2, 0.25) is 0 Å². The van der Waals surface area contributed by atoms with Crippen molar-refractivity contribution in [3.63, 3.8) is 0 Å². The molecule has 13 heteroatoms. The minimum Gasteiger partial charge on any atom is -0.442 e. The van der Waals surface area contributed by atoms with E-state index >= 15 is 4.39 Å². The standard InChI is InChI=1S/C27H32F3N5O5/c28-23-15-21(35-18-22(40-27(35)37)16-31-26(36)25(29)30)5-6-24(23)33-7-8-34(39-14-11-33)17-19-1-3-20(4-2-19)32-9-12-38-13-10-32/h1-6,15,22,25H,7-14,16-18H2,(H,31,36). The average Bonchev–Trinajstić information content (AvgIpc) is 3.18. The van der Waals surface area contributed by atoms with E-state index in [1.807, 2.05) is 15.3 Å². The topological polar surface area (TPSA) is 86.8 Å². The summed E-state index contributed by atoms with van der Waals surface area (Å²) in [5.74, 6) is -1.95. The number of nitrogens with zero attached hydrogens (tertiary/aromatic N) is 4. The molecule has 5 rings (SSSR count). The summed E-state index contributed by atoms with van der Waals surface area (Å²) in [5.41, 5.74) is 2.95. The third-order valence-electron chi connectivity index (χ3n) is 7.09. The number of cyclic esters (lactones) is 1. The van der Waals surface area contributed by atoms with Gasteiger partial charge in [-0.1, -0.05) is 12.1 Å². The SMILES string of the molecule is O=C(NCC1CN(c2ccc(N3CCON(Cc4ccc(N5CCOCC5)cc4)CC3)c(F)c2)C(=O)O1)C(F)F. The fourth-order valence-electron chi connectivity index (χ4n) is 4.94. The van der Waals surface area contributed by atoms with Crippen LogP contribution in [-0.2, 0) is 25.7 Å². The Kier molecular flexibility index (Phi) is 8.92. The molecular weight excluding hydrogens is 531 g/mol. The Morgan fingerprint density at radius 1 is 0.950 bits per heavy atom. The van der Waals surface area contributed by atoms with Gasteiger partial charge >= 0.3 is 12.5 Å². The molecule has 1 N–H and O–H groups in total. The van der Waals surface area contributed by atoms with Crippen LogP contribution in [0.15, 0.2) is 42.5 Å². The molecule has 216 valence electrons. The lowest BCUT2D eigenvalue weighted by Crippen LogP contribution is -2.37. The summed E-state index contributed by atoms with van der Waals surface area (Å²) in [6.07, 6.45) is -4.71. The van der Waals surface area contributed by atoms with Crippen molar-refractivity contribution < 1.29 is 37.1 Å². The number of carbonyl (C=O) groups is 2. The lowest BCUT2D eigenvalue weighted by Gasteiger charge is -2.29. The second kappa shape index (κ2) is 12.7. The summed E-state index contributed by atoms with van der Waals surface area (Å²) in [6.45, 7) is 5.57. The summed E-state index contributed by atoms with van der Waals surface area (Å²) >= 11 is 0. The van der Waals surface area contributed by atoms with Crippen LogP contribution in [0.25, 0.3) is 0 Å². The molecule has 0 spiro atoms. The minimum atomic E-state index is -3.15. The normalized spacial score (nSPS) is 20.6. The molecule has 10 nitrogen and oxygen atoms in total. The Hall–Kier alpha value is -3.55. The van der Waals surface area contributed by atoms with Gasteiger partial charge in [0.25, 0.3) is 5.91 Å². The fraction of sp³-hybridized carbons (Fsp3) is 0.481. The van der Waals surface area contributed by atoms with Crippen LogP contribution >= 0.6 is 0 Å². The Bertz CT molecular complexity index is 1180. The zero-order valence-corrected chi connectivity index (χ0v) is 21.9. The Morgan fingerprint density at radius 2 is 1.68 bits per heavy atom. The predicted octanol–water partition coefficient (Wildman–Crippen LogP) is 2.62. The summed E-state index contributed by atoms with van der Waals surface area (Å²) < 4.78 is 50.5. The van der Waals surface area contributed by atoms with Gasteiger partial charge in [-0.3, -0.25) is 14.5 Å². The molecule has 3 heterocycles. The molecule has 1 atom stereocenters. The number of hydrogen-bond donors (Lipinski definition) is 1. The highest BCUT2D eigenvalue weighted by molar-refractivity contribution is 5.90. The number of ether oxygens (including phenoxy) is 2. The third kappa shape index (κ3) is 6.77. The number of nitrogens with one attached hydrogen (secondary N) is 1. The number of anilines is 3. The highest BCUT2D eigenvalue weighted by atomic mass is 19.3. The van der Waals surface area contributed by atoms with Gasteiger partial charge in [-0.15, -0.1) is 0 Å². The fourth-order valence-corrected chi connectivity index (χ4v) is 4.94. The van der Waals surface area contributed by atoms with Crippen LogP contribution < -0.4 is 20.0 Å². The van der Waals surface area contributed by atoms with E-state index in [0.29, 0.717) is 38.5 Å². The van der Waals surface area contributed by atoms with Crippen molar-refractivity contribution in [2.45, 2.75) is 19.1 Å². The van der Waals surface area contributed by atoms with Crippen molar-refractivity contribution in [3.8, 4) is 0 Å². The molecule has 3 fully saturated rings. The lowest BCUT2D eigenvalue weighted by atomic mass is 10.2. The maximum atomic E-state index is 15.2. The monoisotopic (exact) mass is 563 g/mol. The third-order valence-corrected chi connectivity index (χ3v) is 7.09.